The molecule has 1 amide bonds. The van der Waals surface area contributed by atoms with Gasteiger partial charge in [-0.2, -0.15) is 0 Å². The van der Waals surface area contributed by atoms with Crippen LogP contribution in [0, 0.1) is 5.92 Å². The van der Waals surface area contributed by atoms with Crippen LogP contribution in [0.15, 0.2) is 0 Å². The van der Waals surface area contributed by atoms with Crippen LogP contribution in [-0.4, -0.2) is 49.1 Å². The highest BCUT2D eigenvalue weighted by atomic mass is 16.2. The van der Waals surface area contributed by atoms with E-state index in [0.717, 1.165) is 32.6 Å². The quantitative estimate of drug-likeness (QED) is 0.716. The average molecular weight is 283 g/mol. The lowest BCUT2D eigenvalue weighted by Crippen LogP contribution is -2.51. The fraction of sp³-hybridized carbons (Fsp3) is 0.938. The number of piperidine rings is 1. The van der Waals surface area contributed by atoms with Crippen LogP contribution >= 0.6 is 0 Å². The van der Waals surface area contributed by atoms with Crippen molar-refractivity contribution in [3.63, 3.8) is 0 Å². The van der Waals surface area contributed by atoms with Crippen molar-refractivity contribution in [2.24, 2.45) is 5.92 Å². The van der Waals surface area contributed by atoms with Gasteiger partial charge in [-0.3, -0.25) is 9.69 Å². The molecule has 1 rings (SSSR count). The van der Waals surface area contributed by atoms with Crippen LogP contribution in [0.3, 0.4) is 0 Å². The molecule has 1 aliphatic rings. The van der Waals surface area contributed by atoms with Crippen molar-refractivity contribution in [2.45, 2.75) is 65.5 Å². The highest BCUT2D eigenvalue weighted by Gasteiger charge is 2.24. The van der Waals surface area contributed by atoms with E-state index in [1.54, 1.807) is 0 Å². The van der Waals surface area contributed by atoms with Gasteiger partial charge in [-0.1, -0.05) is 27.2 Å². The van der Waals surface area contributed by atoms with Crippen LogP contribution in [-0.2, 0) is 4.79 Å². The monoisotopic (exact) mass is 283 g/mol. The maximum absolute atomic E-state index is 12.2. The summed E-state index contributed by atoms with van der Waals surface area (Å²) in [5, 5.41) is 6.64. The van der Waals surface area contributed by atoms with Crippen molar-refractivity contribution < 1.29 is 4.79 Å². The molecule has 0 bridgehead atoms. The second-order valence-corrected chi connectivity index (χ2v) is 6.46. The van der Waals surface area contributed by atoms with Crippen LogP contribution in [0.25, 0.3) is 0 Å². The Labute approximate surface area is 124 Å². The molecule has 0 saturated carbocycles. The molecular formula is C16H33N3O. The summed E-state index contributed by atoms with van der Waals surface area (Å²) in [4.78, 5) is 14.6. The standard InChI is InChI=1S/C16H33N3O/c1-5-10-19(12-15-8-6-7-9-17-15)14(4)16(20)18-11-13(2)3/h13-15,17H,5-12H2,1-4H3,(H,18,20). The minimum atomic E-state index is -0.0302. The fourth-order valence-corrected chi connectivity index (χ4v) is 2.71. The predicted octanol–water partition coefficient (Wildman–Crippen LogP) is 2.00. The van der Waals surface area contributed by atoms with E-state index in [4.69, 9.17) is 0 Å². The second-order valence-electron chi connectivity index (χ2n) is 6.46. The molecule has 20 heavy (non-hydrogen) atoms. The molecule has 2 unspecified atom stereocenters. The van der Waals surface area contributed by atoms with Gasteiger partial charge in [-0.25, -0.2) is 0 Å². The molecule has 0 spiro atoms. The van der Waals surface area contributed by atoms with Crippen molar-refractivity contribution in [1.82, 2.24) is 15.5 Å². The molecular weight excluding hydrogens is 250 g/mol. The van der Waals surface area contributed by atoms with E-state index in [-0.39, 0.29) is 11.9 Å². The van der Waals surface area contributed by atoms with E-state index >= 15 is 0 Å². The zero-order valence-electron chi connectivity index (χ0n) is 13.7. The summed E-state index contributed by atoms with van der Waals surface area (Å²) in [6, 6.07) is 0.521. The number of nitrogens with one attached hydrogen (secondary N) is 2. The Hall–Kier alpha value is -0.610. The highest BCUT2D eigenvalue weighted by Crippen LogP contribution is 2.11. The van der Waals surface area contributed by atoms with Gasteiger partial charge in [0.1, 0.15) is 0 Å². The third-order valence-electron chi connectivity index (χ3n) is 3.99. The summed E-state index contributed by atoms with van der Waals surface area (Å²) in [6.45, 7) is 12.3. The van der Waals surface area contributed by atoms with E-state index in [1.807, 2.05) is 6.92 Å². The number of carbonyl (C=O) groups is 1. The highest BCUT2D eigenvalue weighted by molar-refractivity contribution is 5.81. The number of rotatable bonds is 8. The van der Waals surface area contributed by atoms with Gasteiger partial charge in [-0.15, -0.1) is 0 Å². The Morgan fingerprint density at radius 1 is 1.35 bits per heavy atom. The summed E-state index contributed by atoms with van der Waals surface area (Å²) in [6.07, 6.45) is 4.93. The van der Waals surface area contributed by atoms with E-state index in [1.165, 1.54) is 19.3 Å². The van der Waals surface area contributed by atoms with Crippen LogP contribution in [0.2, 0.25) is 0 Å². The zero-order chi connectivity index (χ0) is 15.0. The van der Waals surface area contributed by atoms with E-state index in [2.05, 4.69) is 36.3 Å². The third-order valence-corrected chi connectivity index (χ3v) is 3.99. The van der Waals surface area contributed by atoms with Crippen LogP contribution in [0.1, 0.15) is 53.4 Å². The molecule has 4 heteroatoms. The summed E-state index contributed by atoms with van der Waals surface area (Å²) in [5.74, 6) is 0.675. The zero-order valence-corrected chi connectivity index (χ0v) is 13.7. The number of hydrogen-bond donors (Lipinski definition) is 2. The van der Waals surface area contributed by atoms with Crippen LogP contribution in [0.5, 0.6) is 0 Å². The first kappa shape index (κ1) is 17.4. The Kier molecular flexibility index (Phi) is 8.15. The van der Waals surface area contributed by atoms with Crippen molar-refractivity contribution in [1.29, 1.82) is 0 Å². The van der Waals surface area contributed by atoms with E-state index in [0.29, 0.717) is 12.0 Å². The molecule has 1 aliphatic heterocycles. The number of amides is 1. The fourth-order valence-electron chi connectivity index (χ4n) is 2.71. The van der Waals surface area contributed by atoms with Gasteiger partial charge < -0.3 is 10.6 Å². The third kappa shape index (κ3) is 6.23. The van der Waals surface area contributed by atoms with Crippen molar-refractivity contribution in [3.8, 4) is 0 Å². The molecule has 0 aromatic rings. The molecule has 0 radical (unpaired) electrons. The predicted molar refractivity (Wildman–Crippen MR) is 84.8 cm³/mol. The molecule has 0 aliphatic carbocycles. The number of hydrogen-bond acceptors (Lipinski definition) is 3. The van der Waals surface area contributed by atoms with Gasteiger partial charge >= 0.3 is 0 Å². The molecule has 4 nitrogen and oxygen atoms in total. The maximum atomic E-state index is 12.2. The molecule has 1 heterocycles. The SMILES string of the molecule is CCCN(CC1CCCCN1)C(C)C(=O)NCC(C)C. The minimum Gasteiger partial charge on any atom is -0.354 e. The Balaban J connectivity index is 2.47. The van der Waals surface area contributed by atoms with Crippen molar-refractivity contribution in [3.05, 3.63) is 0 Å². The smallest absolute Gasteiger partial charge is 0.237 e. The molecule has 1 saturated heterocycles. The summed E-state index contributed by atoms with van der Waals surface area (Å²) in [5.41, 5.74) is 0. The summed E-state index contributed by atoms with van der Waals surface area (Å²) >= 11 is 0. The normalized spacial score (nSPS) is 21.2. The molecule has 0 aromatic carbocycles. The first-order valence-electron chi connectivity index (χ1n) is 8.29. The van der Waals surface area contributed by atoms with Gasteiger partial charge in [0.2, 0.25) is 5.91 Å². The van der Waals surface area contributed by atoms with Gasteiger partial charge in [0.15, 0.2) is 0 Å². The first-order chi connectivity index (χ1) is 9.54. The van der Waals surface area contributed by atoms with Gasteiger partial charge in [-0.05, 0) is 45.2 Å². The first-order valence-corrected chi connectivity index (χ1v) is 8.29. The van der Waals surface area contributed by atoms with E-state index in [9.17, 15) is 4.79 Å². The average Bonchev–Trinajstić information content (AvgIpc) is 2.44. The Morgan fingerprint density at radius 3 is 2.65 bits per heavy atom. The Bertz CT molecular complexity index is 275. The van der Waals surface area contributed by atoms with Gasteiger partial charge in [0.05, 0.1) is 6.04 Å². The maximum Gasteiger partial charge on any atom is 0.237 e. The lowest BCUT2D eigenvalue weighted by atomic mass is 10.0. The molecule has 2 atom stereocenters. The van der Waals surface area contributed by atoms with Crippen LogP contribution < -0.4 is 10.6 Å². The lowest BCUT2D eigenvalue weighted by molar-refractivity contribution is -0.126. The second kappa shape index (κ2) is 9.35. The summed E-state index contributed by atoms with van der Waals surface area (Å²) in [7, 11) is 0. The molecule has 2 N–H and O–H groups in total. The lowest BCUT2D eigenvalue weighted by Gasteiger charge is -2.33. The molecule has 118 valence electrons. The van der Waals surface area contributed by atoms with Crippen LogP contribution in [0.4, 0.5) is 0 Å². The van der Waals surface area contributed by atoms with Gasteiger partial charge in [0, 0.05) is 19.1 Å². The van der Waals surface area contributed by atoms with E-state index < -0.39 is 0 Å². The number of carbonyl (C=O) groups excluding carboxylic acids is 1. The molecule has 0 aromatic heterocycles. The van der Waals surface area contributed by atoms with Crippen molar-refractivity contribution >= 4 is 5.91 Å². The minimum absolute atomic E-state index is 0.0302. The summed E-state index contributed by atoms with van der Waals surface area (Å²) < 4.78 is 0. The molecule has 1 fully saturated rings. The van der Waals surface area contributed by atoms with Crippen molar-refractivity contribution in [2.75, 3.05) is 26.2 Å². The number of nitrogens with zero attached hydrogens (tertiary/aromatic N) is 1. The Morgan fingerprint density at radius 2 is 2.10 bits per heavy atom. The van der Waals surface area contributed by atoms with Gasteiger partial charge in [0.25, 0.3) is 0 Å². The largest absolute Gasteiger partial charge is 0.354 e. The topological polar surface area (TPSA) is 44.4 Å².